The maximum atomic E-state index is 9.37. The molecular formula is C9H20N2O. The van der Waals surface area contributed by atoms with Crippen LogP contribution in [0.15, 0.2) is 0 Å². The molecule has 0 aromatic heterocycles. The SMILES string of the molecule is CC(C)(C)N[C@H]1CNC[C@@H](O)C1. The molecule has 1 aliphatic heterocycles. The fraction of sp³-hybridized carbons (Fsp3) is 1.00. The van der Waals surface area contributed by atoms with Gasteiger partial charge >= 0.3 is 0 Å². The molecule has 1 saturated heterocycles. The third kappa shape index (κ3) is 3.52. The number of nitrogens with one attached hydrogen (secondary N) is 2. The molecule has 0 aromatic rings. The van der Waals surface area contributed by atoms with Crippen molar-refractivity contribution in [2.24, 2.45) is 0 Å². The van der Waals surface area contributed by atoms with Crippen LogP contribution in [0, 0.1) is 0 Å². The van der Waals surface area contributed by atoms with Crippen LogP contribution in [0.25, 0.3) is 0 Å². The largest absolute Gasteiger partial charge is 0.392 e. The minimum absolute atomic E-state index is 0.142. The van der Waals surface area contributed by atoms with Crippen LogP contribution in [-0.4, -0.2) is 35.9 Å². The van der Waals surface area contributed by atoms with Crippen molar-refractivity contribution in [3.63, 3.8) is 0 Å². The maximum absolute atomic E-state index is 9.37. The average Bonchev–Trinajstić information content (AvgIpc) is 1.82. The molecule has 0 saturated carbocycles. The molecule has 1 heterocycles. The lowest BCUT2D eigenvalue weighted by Gasteiger charge is -2.33. The molecule has 2 atom stereocenters. The molecular weight excluding hydrogens is 152 g/mol. The lowest BCUT2D eigenvalue weighted by molar-refractivity contribution is 0.117. The number of hydrogen-bond acceptors (Lipinski definition) is 3. The summed E-state index contributed by atoms with van der Waals surface area (Å²) in [5.41, 5.74) is 0.142. The van der Waals surface area contributed by atoms with E-state index in [-0.39, 0.29) is 11.6 Å². The van der Waals surface area contributed by atoms with Crippen molar-refractivity contribution >= 4 is 0 Å². The summed E-state index contributed by atoms with van der Waals surface area (Å²) in [5.74, 6) is 0. The van der Waals surface area contributed by atoms with E-state index >= 15 is 0 Å². The van der Waals surface area contributed by atoms with Crippen molar-refractivity contribution in [2.75, 3.05) is 13.1 Å². The molecule has 3 nitrogen and oxygen atoms in total. The van der Waals surface area contributed by atoms with Gasteiger partial charge in [0.15, 0.2) is 0 Å². The monoisotopic (exact) mass is 172 g/mol. The lowest BCUT2D eigenvalue weighted by Crippen LogP contribution is -2.54. The molecule has 0 amide bonds. The van der Waals surface area contributed by atoms with Crippen LogP contribution >= 0.6 is 0 Å². The van der Waals surface area contributed by atoms with E-state index in [9.17, 15) is 5.11 Å². The Kier molecular flexibility index (Phi) is 3.09. The number of aliphatic hydroxyl groups is 1. The van der Waals surface area contributed by atoms with Crippen molar-refractivity contribution in [3.8, 4) is 0 Å². The average molecular weight is 172 g/mol. The predicted molar refractivity (Wildman–Crippen MR) is 50.2 cm³/mol. The van der Waals surface area contributed by atoms with Crippen LogP contribution in [0.2, 0.25) is 0 Å². The van der Waals surface area contributed by atoms with Crippen LogP contribution in [0.1, 0.15) is 27.2 Å². The summed E-state index contributed by atoms with van der Waals surface area (Å²) in [6, 6.07) is 0.411. The molecule has 0 bridgehead atoms. The van der Waals surface area contributed by atoms with E-state index in [4.69, 9.17) is 0 Å². The van der Waals surface area contributed by atoms with E-state index in [2.05, 4.69) is 31.4 Å². The van der Waals surface area contributed by atoms with Crippen molar-refractivity contribution < 1.29 is 5.11 Å². The van der Waals surface area contributed by atoms with Crippen molar-refractivity contribution in [3.05, 3.63) is 0 Å². The first kappa shape index (κ1) is 9.96. The molecule has 12 heavy (non-hydrogen) atoms. The quantitative estimate of drug-likeness (QED) is 0.525. The smallest absolute Gasteiger partial charge is 0.0679 e. The molecule has 3 heteroatoms. The second kappa shape index (κ2) is 3.73. The van der Waals surface area contributed by atoms with Gasteiger partial charge in [-0.15, -0.1) is 0 Å². The van der Waals surface area contributed by atoms with Gasteiger partial charge in [0.2, 0.25) is 0 Å². The highest BCUT2D eigenvalue weighted by atomic mass is 16.3. The zero-order valence-electron chi connectivity index (χ0n) is 8.22. The second-order valence-electron chi connectivity index (χ2n) is 4.64. The lowest BCUT2D eigenvalue weighted by atomic mass is 10.0. The Labute approximate surface area is 74.5 Å². The molecule has 0 spiro atoms. The van der Waals surface area contributed by atoms with Gasteiger partial charge < -0.3 is 15.7 Å². The van der Waals surface area contributed by atoms with E-state index < -0.39 is 0 Å². The van der Waals surface area contributed by atoms with Gasteiger partial charge in [-0.2, -0.15) is 0 Å². The highest BCUT2D eigenvalue weighted by Gasteiger charge is 2.23. The summed E-state index contributed by atoms with van der Waals surface area (Å²) < 4.78 is 0. The molecule has 0 aromatic carbocycles. The zero-order valence-corrected chi connectivity index (χ0v) is 8.22. The van der Waals surface area contributed by atoms with Gasteiger partial charge in [0.25, 0.3) is 0 Å². The fourth-order valence-electron chi connectivity index (χ4n) is 1.64. The normalized spacial score (nSPS) is 32.0. The standard InChI is InChI=1S/C9H20N2O/c1-9(2,3)11-7-4-8(12)6-10-5-7/h7-8,10-12H,4-6H2,1-3H3/t7-,8+/m1/s1. The van der Waals surface area contributed by atoms with Gasteiger partial charge in [-0.05, 0) is 27.2 Å². The van der Waals surface area contributed by atoms with Crippen LogP contribution in [-0.2, 0) is 0 Å². The van der Waals surface area contributed by atoms with Crippen LogP contribution < -0.4 is 10.6 Å². The summed E-state index contributed by atoms with van der Waals surface area (Å²) >= 11 is 0. The maximum Gasteiger partial charge on any atom is 0.0679 e. The number of hydrogen-bond donors (Lipinski definition) is 3. The molecule has 0 aliphatic carbocycles. The minimum Gasteiger partial charge on any atom is -0.392 e. The highest BCUT2D eigenvalue weighted by molar-refractivity contribution is 4.85. The molecule has 72 valence electrons. The van der Waals surface area contributed by atoms with Gasteiger partial charge in [0, 0.05) is 24.7 Å². The summed E-state index contributed by atoms with van der Waals surface area (Å²) in [7, 11) is 0. The Morgan fingerprint density at radius 1 is 1.33 bits per heavy atom. The van der Waals surface area contributed by atoms with Gasteiger partial charge in [0.1, 0.15) is 0 Å². The molecule has 3 N–H and O–H groups in total. The minimum atomic E-state index is -0.182. The Hall–Kier alpha value is -0.120. The van der Waals surface area contributed by atoms with E-state index in [0.717, 1.165) is 19.5 Å². The number of rotatable bonds is 1. The van der Waals surface area contributed by atoms with Gasteiger partial charge in [-0.3, -0.25) is 0 Å². The number of piperidine rings is 1. The molecule has 0 unspecified atom stereocenters. The first-order valence-electron chi connectivity index (χ1n) is 4.64. The fourth-order valence-corrected chi connectivity index (χ4v) is 1.64. The Bertz CT molecular complexity index is 142. The van der Waals surface area contributed by atoms with Crippen LogP contribution in [0.4, 0.5) is 0 Å². The number of β-amino-alcohol motifs (C(OH)–C–C–N with tert-alkyl or cyclic N) is 1. The molecule has 1 rings (SSSR count). The molecule has 1 fully saturated rings. The third-order valence-electron chi connectivity index (χ3n) is 1.96. The third-order valence-corrected chi connectivity index (χ3v) is 1.96. The summed E-state index contributed by atoms with van der Waals surface area (Å²) in [4.78, 5) is 0. The van der Waals surface area contributed by atoms with E-state index in [0.29, 0.717) is 6.04 Å². The Morgan fingerprint density at radius 2 is 2.00 bits per heavy atom. The van der Waals surface area contributed by atoms with E-state index in [1.165, 1.54) is 0 Å². The van der Waals surface area contributed by atoms with Crippen molar-refractivity contribution in [1.82, 2.24) is 10.6 Å². The first-order chi connectivity index (χ1) is 5.47. The summed E-state index contributed by atoms with van der Waals surface area (Å²) in [6.07, 6.45) is 0.683. The van der Waals surface area contributed by atoms with Crippen molar-refractivity contribution in [1.29, 1.82) is 0 Å². The topological polar surface area (TPSA) is 44.3 Å². The Balaban J connectivity index is 2.32. The predicted octanol–water partition coefficient (Wildman–Crippen LogP) is 0.0973. The van der Waals surface area contributed by atoms with Crippen LogP contribution in [0.3, 0.4) is 0 Å². The summed E-state index contributed by atoms with van der Waals surface area (Å²) in [6.45, 7) is 8.15. The van der Waals surface area contributed by atoms with Gasteiger partial charge in [-0.1, -0.05) is 0 Å². The summed E-state index contributed by atoms with van der Waals surface area (Å²) in [5, 5.41) is 16.0. The highest BCUT2D eigenvalue weighted by Crippen LogP contribution is 2.08. The van der Waals surface area contributed by atoms with Crippen LogP contribution in [0.5, 0.6) is 0 Å². The van der Waals surface area contributed by atoms with E-state index in [1.807, 2.05) is 0 Å². The Morgan fingerprint density at radius 3 is 2.50 bits per heavy atom. The first-order valence-corrected chi connectivity index (χ1v) is 4.64. The van der Waals surface area contributed by atoms with Crippen molar-refractivity contribution in [2.45, 2.75) is 44.9 Å². The molecule has 0 radical (unpaired) electrons. The van der Waals surface area contributed by atoms with E-state index in [1.54, 1.807) is 0 Å². The molecule has 1 aliphatic rings. The zero-order chi connectivity index (χ0) is 9.19. The second-order valence-corrected chi connectivity index (χ2v) is 4.64. The number of aliphatic hydroxyl groups excluding tert-OH is 1. The van der Waals surface area contributed by atoms with Gasteiger partial charge in [0.05, 0.1) is 6.10 Å². The van der Waals surface area contributed by atoms with Gasteiger partial charge in [-0.25, -0.2) is 0 Å².